The fourth-order valence-corrected chi connectivity index (χ4v) is 2.41. The van der Waals surface area contributed by atoms with Gasteiger partial charge in [-0.1, -0.05) is 34.1 Å². The fourth-order valence-electron chi connectivity index (χ4n) is 2.01. The van der Waals surface area contributed by atoms with E-state index in [1.165, 1.54) is 31.5 Å². The minimum atomic E-state index is 0.710. The first-order valence-corrected chi connectivity index (χ1v) is 6.67. The highest BCUT2D eigenvalue weighted by Gasteiger charge is 2.13. The Labute approximate surface area is 106 Å². The molecule has 0 radical (unpaired) electrons. The maximum atomic E-state index is 5.70. The second-order valence-electron chi connectivity index (χ2n) is 4.29. The molecule has 1 aromatic rings. The summed E-state index contributed by atoms with van der Waals surface area (Å²) >= 11 is 3.52. The first-order chi connectivity index (χ1) is 7.86. The molecule has 1 aliphatic heterocycles. The molecule has 1 aliphatic rings. The molecule has 16 heavy (non-hydrogen) atoms. The van der Waals surface area contributed by atoms with Crippen LogP contribution in [0.3, 0.4) is 0 Å². The molecule has 1 N–H and O–H groups in total. The van der Waals surface area contributed by atoms with Gasteiger partial charge in [0.25, 0.3) is 0 Å². The van der Waals surface area contributed by atoms with Crippen molar-refractivity contribution in [2.24, 2.45) is 5.92 Å². The summed E-state index contributed by atoms with van der Waals surface area (Å²) in [4.78, 5) is 0. The highest BCUT2D eigenvalue weighted by atomic mass is 79.9. The van der Waals surface area contributed by atoms with Crippen LogP contribution >= 0.6 is 15.9 Å². The molecule has 1 fully saturated rings. The number of hydrogen-bond acceptors (Lipinski definition) is 2. The van der Waals surface area contributed by atoms with Crippen molar-refractivity contribution >= 4 is 15.9 Å². The van der Waals surface area contributed by atoms with Gasteiger partial charge in [0, 0.05) is 11.1 Å². The third kappa shape index (κ3) is 3.58. The van der Waals surface area contributed by atoms with Crippen molar-refractivity contribution < 1.29 is 4.74 Å². The predicted molar refractivity (Wildman–Crippen MR) is 69.4 cm³/mol. The van der Waals surface area contributed by atoms with Crippen molar-refractivity contribution in [3.05, 3.63) is 34.3 Å². The van der Waals surface area contributed by atoms with Crippen LogP contribution in [-0.4, -0.2) is 19.7 Å². The molecule has 1 saturated heterocycles. The molecular weight excluding hydrogens is 266 g/mol. The molecule has 2 nitrogen and oxygen atoms in total. The second kappa shape index (κ2) is 6.38. The summed E-state index contributed by atoms with van der Waals surface area (Å²) < 4.78 is 6.84. The Kier molecular flexibility index (Phi) is 4.82. The molecule has 0 bridgehead atoms. The summed E-state index contributed by atoms with van der Waals surface area (Å²) in [5.74, 6) is 0.819. The van der Waals surface area contributed by atoms with Crippen molar-refractivity contribution in [3.8, 4) is 0 Å². The molecule has 3 heteroatoms. The number of hydrogen-bond donors (Lipinski definition) is 1. The lowest BCUT2D eigenvalue weighted by Crippen LogP contribution is -2.10. The molecule has 0 aromatic heterocycles. The topological polar surface area (TPSA) is 21.3 Å². The van der Waals surface area contributed by atoms with Crippen molar-refractivity contribution in [1.29, 1.82) is 0 Å². The highest BCUT2D eigenvalue weighted by Crippen LogP contribution is 2.17. The molecule has 1 aromatic carbocycles. The standard InChI is InChI=1S/C13H18BrNO/c14-13-4-2-1-3-12(13)10-16-8-6-11-5-7-15-9-11/h1-4,11,15H,5-10H2. The Morgan fingerprint density at radius 2 is 2.25 bits per heavy atom. The number of halogens is 1. The van der Waals surface area contributed by atoms with Gasteiger partial charge in [-0.3, -0.25) is 0 Å². The quantitative estimate of drug-likeness (QED) is 0.839. The molecule has 0 amide bonds. The van der Waals surface area contributed by atoms with E-state index in [1.807, 2.05) is 12.1 Å². The maximum absolute atomic E-state index is 5.70. The number of ether oxygens (including phenoxy) is 1. The number of nitrogens with one attached hydrogen (secondary N) is 1. The summed E-state index contributed by atoms with van der Waals surface area (Å²) in [6.45, 7) is 3.92. The smallest absolute Gasteiger partial charge is 0.0727 e. The molecule has 2 rings (SSSR count). The van der Waals surface area contributed by atoms with Crippen LogP contribution in [0.15, 0.2) is 28.7 Å². The molecule has 88 valence electrons. The normalized spacial score (nSPS) is 20.2. The second-order valence-corrected chi connectivity index (χ2v) is 5.15. The zero-order valence-corrected chi connectivity index (χ0v) is 11.0. The van der Waals surface area contributed by atoms with E-state index in [2.05, 4.69) is 33.4 Å². The fraction of sp³-hybridized carbons (Fsp3) is 0.538. The third-order valence-corrected chi connectivity index (χ3v) is 3.82. The van der Waals surface area contributed by atoms with Gasteiger partial charge in [-0.2, -0.15) is 0 Å². The first kappa shape index (κ1) is 12.1. The van der Waals surface area contributed by atoms with Crippen LogP contribution in [0.2, 0.25) is 0 Å². The molecule has 0 spiro atoms. The molecular formula is C13H18BrNO. The van der Waals surface area contributed by atoms with Gasteiger partial charge >= 0.3 is 0 Å². The SMILES string of the molecule is Brc1ccccc1COCCC1CCNC1. The van der Waals surface area contributed by atoms with E-state index >= 15 is 0 Å². The molecule has 1 atom stereocenters. The van der Waals surface area contributed by atoms with Gasteiger partial charge < -0.3 is 10.1 Å². The van der Waals surface area contributed by atoms with Crippen LogP contribution in [0, 0.1) is 5.92 Å². The Morgan fingerprint density at radius 3 is 3.00 bits per heavy atom. The largest absolute Gasteiger partial charge is 0.377 e. The summed E-state index contributed by atoms with van der Waals surface area (Å²) in [5.41, 5.74) is 1.23. The van der Waals surface area contributed by atoms with Gasteiger partial charge in [-0.25, -0.2) is 0 Å². The molecule has 1 unspecified atom stereocenters. The zero-order valence-electron chi connectivity index (χ0n) is 9.42. The average molecular weight is 284 g/mol. The molecule has 0 aliphatic carbocycles. The number of benzene rings is 1. The van der Waals surface area contributed by atoms with E-state index in [-0.39, 0.29) is 0 Å². The summed E-state index contributed by atoms with van der Waals surface area (Å²) in [7, 11) is 0. The summed E-state index contributed by atoms with van der Waals surface area (Å²) in [5, 5.41) is 3.38. The van der Waals surface area contributed by atoms with E-state index < -0.39 is 0 Å². The minimum absolute atomic E-state index is 0.710. The van der Waals surface area contributed by atoms with E-state index in [0.29, 0.717) is 6.61 Å². The zero-order chi connectivity index (χ0) is 11.2. The molecule has 0 saturated carbocycles. The van der Waals surface area contributed by atoms with Crippen LogP contribution in [-0.2, 0) is 11.3 Å². The van der Waals surface area contributed by atoms with Crippen LogP contribution in [0.25, 0.3) is 0 Å². The van der Waals surface area contributed by atoms with Crippen LogP contribution in [0.5, 0.6) is 0 Å². The Hall–Kier alpha value is -0.380. The van der Waals surface area contributed by atoms with Gasteiger partial charge in [0.15, 0.2) is 0 Å². The molecule has 1 heterocycles. The Bertz CT molecular complexity index is 323. The van der Waals surface area contributed by atoms with E-state index in [0.717, 1.165) is 17.0 Å². The van der Waals surface area contributed by atoms with Crippen molar-refractivity contribution in [2.45, 2.75) is 19.4 Å². The summed E-state index contributed by atoms with van der Waals surface area (Å²) in [6.07, 6.45) is 2.48. The lowest BCUT2D eigenvalue weighted by atomic mass is 10.1. The monoisotopic (exact) mass is 283 g/mol. The lowest BCUT2D eigenvalue weighted by Gasteiger charge is -2.09. The lowest BCUT2D eigenvalue weighted by molar-refractivity contribution is 0.108. The van der Waals surface area contributed by atoms with Crippen LogP contribution in [0.1, 0.15) is 18.4 Å². The van der Waals surface area contributed by atoms with Gasteiger partial charge in [0.2, 0.25) is 0 Å². The van der Waals surface area contributed by atoms with E-state index in [4.69, 9.17) is 4.74 Å². The first-order valence-electron chi connectivity index (χ1n) is 5.88. The minimum Gasteiger partial charge on any atom is -0.377 e. The van der Waals surface area contributed by atoms with E-state index in [1.54, 1.807) is 0 Å². The maximum Gasteiger partial charge on any atom is 0.0727 e. The predicted octanol–water partition coefficient (Wildman–Crippen LogP) is 2.97. The van der Waals surface area contributed by atoms with Gasteiger partial charge in [0.05, 0.1) is 6.61 Å². The van der Waals surface area contributed by atoms with Crippen molar-refractivity contribution in [3.63, 3.8) is 0 Å². The Balaban J connectivity index is 1.66. The van der Waals surface area contributed by atoms with Crippen molar-refractivity contribution in [1.82, 2.24) is 5.32 Å². The van der Waals surface area contributed by atoms with Gasteiger partial charge in [-0.15, -0.1) is 0 Å². The average Bonchev–Trinajstić information content (AvgIpc) is 2.79. The van der Waals surface area contributed by atoms with Crippen LogP contribution < -0.4 is 5.32 Å². The van der Waals surface area contributed by atoms with Gasteiger partial charge in [-0.05, 0) is 43.5 Å². The summed E-state index contributed by atoms with van der Waals surface area (Å²) in [6, 6.07) is 8.23. The highest BCUT2D eigenvalue weighted by molar-refractivity contribution is 9.10. The Morgan fingerprint density at radius 1 is 1.38 bits per heavy atom. The van der Waals surface area contributed by atoms with Gasteiger partial charge in [0.1, 0.15) is 0 Å². The number of rotatable bonds is 5. The van der Waals surface area contributed by atoms with Crippen LogP contribution in [0.4, 0.5) is 0 Å². The third-order valence-electron chi connectivity index (χ3n) is 3.05. The van der Waals surface area contributed by atoms with E-state index in [9.17, 15) is 0 Å². The van der Waals surface area contributed by atoms with Crippen molar-refractivity contribution in [2.75, 3.05) is 19.7 Å².